The third-order valence-corrected chi connectivity index (χ3v) is 3.37. The van der Waals surface area contributed by atoms with Crippen LogP contribution in [-0.4, -0.2) is 45.3 Å². The molecule has 0 aromatic heterocycles. The molecular weight excluding hydrogens is 206 g/mol. The van der Waals surface area contributed by atoms with Gasteiger partial charge in [0, 0.05) is 19.1 Å². The monoisotopic (exact) mass is 229 g/mol. The maximum atomic E-state index is 5.55. The molecule has 16 heavy (non-hydrogen) atoms. The maximum absolute atomic E-state index is 5.55. The summed E-state index contributed by atoms with van der Waals surface area (Å²) in [5.74, 6) is 0.612. The first-order chi connectivity index (χ1) is 7.90. The van der Waals surface area contributed by atoms with Gasteiger partial charge in [-0.2, -0.15) is 0 Å². The summed E-state index contributed by atoms with van der Waals surface area (Å²) < 4.78 is 16.6. The van der Waals surface area contributed by atoms with E-state index >= 15 is 0 Å². The lowest BCUT2D eigenvalue weighted by molar-refractivity contribution is -0.0631. The van der Waals surface area contributed by atoms with Gasteiger partial charge in [0.2, 0.25) is 0 Å². The van der Waals surface area contributed by atoms with Crippen molar-refractivity contribution in [2.24, 2.45) is 5.92 Å². The molecule has 2 fully saturated rings. The fraction of sp³-hybridized carbons (Fsp3) is 1.00. The molecule has 2 heterocycles. The summed E-state index contributed by atoms with van der Waals surface area (Å²) >= 11 is 0. The first kappa shape index (κ1) is 12.3. The second-order valence-corrected chi connectivity index (χ2v) is 4.55. The van der Waals surface area contributed by atoms with E-state index < -0.39 is 0 Å². The molecule has 2 aliphatic heterocycles. The third-order valence-electron chi connectivity index (χ3n) is 3.37. The largest absolute Gasteiger partial charge is 0.381 e. The second-order valence-electron chi connectivity index (χ2n) is 4.55. The van der Waals surface area contributed by atoms with E-state index in [-0.39, 0.29) is 6.29 Å². The molecule has 2 aliphatic rings. The second kappa shape index (κ2) is 6.55. The van der Waals surface area contributed by atoms with Crippen LogP contribution >= 0.6 is 0 Å². The highest BCUT2D eigenvalue weighted by Crippen LogP contribution is 2.22. The molecule has 4 nitrogen and oxygen atoms in total. The van der Waals surface area contributed by atoms with E-state index in [0.29, 0.717) is 12.0 Å². The molecular formula is C12H23NO3. The van der Waals surface area contributed by atoms with E-state index in [1.807, 2.05) is 0 Å². The Labute approximate surface area is 97.6 Å². The molecule has 0 bridgehead atoms. The average molecular weight is 229 g/mol. The van der Waals surface area contributed by atoms with Crippen molar-refractivity contribution in [1.29, 1.82) is 0 Å². The zero-order valence-electron chi connectivity index (χ0n) is 10.1. The fourth-order valence-corrected chi connectivity index (χ4v) is 2.54. The van der Waals surface area contributed by atoms with Gasteiger partial charge in [0.1, 0.15) is 0 Å². The molecule has 2 atom stereocenters. The van der Waals surface area contributed by atoms with E-state index in [9.17, 15) is 0 Å². The molecule has 0 saturated carbocycles. The summed E-state index contributed by atoms with van der Waals surface area (Å²) in [4.78, 5) is 0. The molecule has 0 aliphatic carbocycles. The number of nitrogens with one attached hydrogen (secondary N) is 1. The van der Waals surface area contributed by atoms with Crippen LogP contribution in [-0.2, 0) is 14.2 Å². The summed E-state index contributed by atoms with van der Waals surface area (Å²) in [5.41, 5.74) is 0. The highest BCUT2D eigenvalue weighted by molar-refractivity contribution is 4.79. The van der Waals surface area contributed by atoms with Crippen LogP contribution in [0.2, 0.25) is 0 Å². The molecule has 0 radical (unpaired) electrons. The van der Waals surface area contributed by atoms with Crippen LogP contribution in [0.4, 0.5) is 0 Å². The highest BCUT2D eigenvalue weighted by Gasteiger charge is 2.28. The van der Waals surface area contributed by atoms with E-state index in [2.05, 4.69) is 12.2 Å². The van der Waals surface area contributed by atoms with Crippen molar-refractivity contribution in [3.63, 3.8) is 0 Å². The van der Waals surface area contributed by atoms with Crippen molar-refractivity contribution >= 4 is 0 Å². The molecule has 0 amide bonds. The number of hydrogen-bond acceptors (Lipinski definition) is 4. The summed E-state index contributed by atoms with van der Waals surface area (Å²) in [6.45, 7) is 6.42. The molecule has 2 rings (SSSR count). The van der Waals surface area contributed by atoms with Crippen molar-refractivity contribution in [1.82, 2.24) is 5.32 Å². The Morgan fingerprint density at radius 2 is 2.06 bits per heavy atom. The van der Waals surface area contributed by atoms with E-state index in [0.717, 1.165) is 39.4 Å². The summed E-state index contributed by atoms with van der Waals surface area (Å²) in [6, 6.07) is 0.466. The lowest BCUT2D eigenvalue weighted by Gasteiger charge is -2.31. The van der Waals surface area contributed by atoms with Gasteiger partial charge in [-0.05, 0) is 25.3 Å². The van der Waals surface area contributed by atoms with Gasteiger partial charge < -0.3 is 19.5 Å². The molecule has 0 aromatic carbocycles. The van der Waals surface area contributed by atoms with Crippen molar-refractivity contribution in [2.75, 3.05) is 33.0 Å². The first-order valence-corrected chi connectivity index (χ1v) is 6.44. The fourth-order valence-electron chi connectivity index (χ4n) is 2.54. The SMILES string of the molecule is CCNC(CC1OCCO1)C1CCCOC1. The van der Waals surface area contributed by atoms with Gasteiger partial charge in [0.25, 0.3) is 0 Å². The van der Waals surface area contributed by atoms with Gasteiger partial charge in [-0.1, -0.05) is 6.92 Å². The maximum Gasteiger partial charge on any atom is 0.159 e. The van der Waals surface area contributed by atoms with Crippen LogP contribution in [0.25, 0.3) is 0 Å². The van der Waals surface area contributed by atoms with Gasteiger partial charge in [-0.3, -0.25) is 0 Å². The van der Waals surface area contributed by atoms with Crippen LogP contribution in [0, 0.1) is 5.92 Å². The van der Waals surface area contributed by atoms with Crippen LogP contribution in [0.1, 0.15) is 26.2 Å². The Bertz CT molecular complexity index is 189. The van der Waals surface area contributed by atoms with Gasteiger partial charge in [0.15, 0.2) is 6.29 Å². The first-order valence-electron chi connectivity index (χ1n) is 6.44. The Kier molecular flexibility index (Phi) is 5.03. The minimum absolute atomic E-state index is 0.00836. The minimum Gasteiger partial charge on any atom is -0.381 e. The van der Waals surface area contributed by atoms with Crippen molar-refractivity contribution in [2.45, 2.75) is 38.5 Å². The van der Waals surface area contributed by atoms with Crippen LogP contribution in [0.3, 0.4) is 0 Å². The molecule has 4 heteroatoms. The summed E-state index contributed by atoms with van der Waals surface area (Å²) in [5, 5.41) is 3.54. The smallest absolute Gasteiger partial charge is 0.159 e. The third kappa shape index (κ3) is 3.42. The quantitative estimate of drug-likeness (QED) is 0.768. The number of rotatable bonds is 5. The Balaban J connectivity index is 1.82. The van der Waals surface area contributed by atoms with Crippen molar-refractivity contribution in [3.05, 3.63) is 0 Å². The predicted molar refractivity (Wildman–Crippen MR) is 61.3 cm³/mol. The summed E-state index contributed by atoms with van der Waals surface area (Å²) in [7, 11) is 0. The lowest BCUT2D eigenvalue weighted by atomic mass is 9.91. The standard InChI is InChI=1S/C12H23NO3/c1-2-13-11(8-12-15-6-7-16-12)10-4-3-5-14-9-10/h10-13H,2-9H2,1H3. The van der Waals surface area contributed by atoms with E-state index in [1.54, 1.807) is 0 Å². The minimum atomic E-state index is -0.00836. The highest BCUT2D eigenvalue weighted by atomic mass is 16.7. The Morgan fingerprint density at radius 3 is 2.69 bits per heavy atom. The Morgan fingerprint density at radius 1 is 1.25 bits per heavy atom. The summed E-state index contributed by atoms with van der Waals surface area (Å²) in [6.07, 6.45) is 3.37. The lowest BCUT2D eigenvalue weighted by Crippen LogP contribution is -2.42. The molecule has 0 aromatic rings. The van der Waals surface area contributed by atoms with Gasteiger partial charge in [0.05, 0.1) is 19.8 Å². The van der Waals surface area contributed by atoms with Gasteiger partial charge in [-0.25, -0.2) is 0 Å². The molecule has 2 saturated heterocycles. The molecule has 2 unspecified atom stereocenters. The van der Waals surface area contributed by atoms with E-state index in [4.69, 9.17) is 14.2 Å². The van der Waals surface area contributed by atoms with Crippen LogP contribution in [0.5, 0.6) is 0 Å². The predicted octanol–water partition coefficient (Wildman–Crippen LogP) is 1.15. The number of hydrogen-bond donors (Lipinski definition) is 1. The molecule has 94 valence electrons. The topological polar surface area (TPSA) is 39.7 Å². The van der Waals surface area contributed by atoms with E-state index in [1.165, 1.54) is 12.8 Å². The Hall–Kier alpha value is -0.160. The van der Waals surface area contributed by atoms with Crippen molar-refractivity contribution < 1.29 is 14.2 Å². The molecule has 0 spiro atoms. The number of ether oxygens (including phenoxy) is 3. The van der Waals surface area contributed by atoms with Crippen LogP contribution < -0.4 is 5.32 Å². The normalized spacial score (nSPS) is 29.4. The van der Waals surface area contributed by atoms with Crippen molar-refractivity contribution in [3.8, 4) is 0 Å². The molecule has 1 N–H and O–H groups in total. The average Bonchev–Trinajstić information content (AvgIpc) is 2.83. The van der Waals surface area contributed by atoms with Gasteiger partial charge >= 0.3 is 0 Å². The van der Waals surface area contributed by atoms with Crippen LogP contribution in [0.15, 0.2) is 0 Å². The zero-order valence-corrected chi connectivity index (χ0v) is 10.1. The zero-order chi connectivity index (χ0) is 11.2. The van der Waals surface area contributed by atoms with Gasteiger partial charge in [-0.15, -0.1) is 0 Å².